The first-order valence-corrected chi connectivity index (χ1v) is 8.14. The highest BCUT2D eigenvalue weighted by Gasteiger charge is 2.26. The van der Waals surface area contributed by atoms with Crippen molar-refractivity contribution in [3.8, 4) is 0 Å². The molecule has 1 amide bonds. The molecule has 2 fully saturated rings. The van der Waals surface area contributed by atoms with E-state index in [9.17, 15) is 4.79 Å². The van der Waals surface area contributed by atoms with Gasteiger partial charge < -0.3 is 14.5 Å². The molecule has 6 nitrogen and oxygen atoms in total. The second kappa shape index (κ2) is 7.76. The van der Waals surface area contributed by atoms with E-state index in [4.69, 9.17) is 9.15 Å². The normalized spacial score (nSPS) is 21.8. The first-order chi connectivity index (χ1) is 10.8. The average Bonchev–Trinajstić information content (AvgIpc) is 3.08. The lowest BCUT2D eigenvalue weighted by Crippen LogP contribution is -2.50. The van der Waals surface area contributed by atoms with Gasteiger partial charge in [0.05, 0.1) is 32.6 Å². The molecule has 0 radical (unpaired) electrons. The molecule has 1 aromatic rings. The molecule has 0 saturated carbocycles. The zero-order chi connectivity index (χ0) is 15.2. The van der Waals surface area contributed by atoms with Crippen LogP contribution in [0.5, 0.6) is 0 Å². The lowest BCUT2D eigenvalue weighted by atomic mass is 10.0. The molecule has 0 spiro atoms. The minimum atomic E-state index is 0.0706. The molecule has 22 heavy (non-hydrogen) atoms. The molecule has 1 N–H and O–H groups in total. The predicted octanol–water partition coefficient (Wildman–Crippen LogP) is 0.692. The number of rotatable bonds is 5. The van der Waals surface area contributed by atoms with E-state index in [-0.39, 0.29) is 5.91 Å². The number of hydrogen-bond acceptors (Lipinski definition) is 5. The van der Waals surface area contributed by atoms with Gasteiger partial charge in [0.15, 0.2) is 0 Å². The number of hydrogen-bond donors (Lipinski definition) is 1. The zero-order valence-corrected chi connectivity index (χ0v) is 13.0. The molecule has 3 heterocycles. The van der Waals surface area contributed by atoms with Crippen LogP contribution in [0.25, 0.3) is 0 Å². The molecular formula is C16H25N3O3. The fourth-order valence-corrected chi connectivity index (χ4v) is 3.24. The van der Waals surface area contributed by atoms with Gasteiger partial charge in [-0.3, -0.25) is 14.6 Å². The summed E-state index contributed by atoms with van der Waals surface area (Å²) in [6, 6.07) is 4.36. The fourth-order valence-electron chi connectivity index (χ4n) is 3.24. The number of carbonyl (C=O) groups excluding carboxylic acids is 1. The first-order valence-electron chi connectivity index (χ1n) is 8.14. The summed E-state index contributed by atoms with van der Waals surface area (Å²) in [6.07, 6.45) is 3.91. The van der Waals surface area contributed by atoms with Crippen molar-refractivity contribution in [2.24, 2.45) is 0 Å². The van der Waals surface area contributed by atoms with Gasteiger partial charge in [0.25, 0.3) is 0 Å². The summed E-state index contributed by atoms with van der Waals surface area (Å²) in [4.78, 5) is 16.8. The highest BCUT2D eigenvalue weighted by atomic mass is 16.5. The molecule has 2 aliphatic rings. The van der Waals surface area contributed by atoms with Crippen LogP contribution in [-0.4, -0.2) is 67.7 Å². The van der Waals surface area contributed by atoms with Crippen molar-refractivity contribution in [1.82, 2.24) is 15.1 Å². The second-order valence-corrected chi connectivity index (χ2v) is 6.01. The maximum absolute atomic E-state index is 12.0. The first kappa shape index (κ1) is 15.5. The molecular weight excluding hydrogens is 282 g/mol. The van der Waals surface area contributed by atoms with Crippen LogP contribution >= 0.6 is 0 Å². The van der Waals surface area contributed by atoms with Crippen molar-refractivity contribution in [1.29, 1.82) is 0 Å². The number of carbonyl (C=O) groups is 1. The number of piperidine rings is 1. The van der Waals surface area contributed by atoms with Gasteiger partial charge in [0.2, 0.25) is 5.91 Å². The lowest BCUT2D eigenvalue weighted by Gasteiger charge is -2.39. The summed E-state index contributed by atoms with van der Waals surface area (Å²) in [5.41, 5.74) is 0. The molecule has 0 unspecified atom stereocenters. The summed E-state index contributed by atoms with van der Waals surface area (Å²) in [6.45, 7) is 6.76. The number of nitrogens with one attached hydrogen (secondary N) is 1. The maximum Gasteiger partial charge on any atom is 0.234 e. The fraction of sp³-hybridized carbons (Fsp3) is 0.688. The van der Waals surface area contributed by atoms with Crippen molar-refractivity contribution < 1.29 is 13.9 Å². The molecule has 2 saturated heterocycles. The van der Waals surface area contributed by atoms with E-state index in [1.807, 2.05) is 12.1 Å². The third-order valence-electron chi connectivity index (χ3n) is 4.53. The Morgan fingerprint density at radius 2 is 2.00 bits per heavy atom. The van der Waals surface area contributed by atoms with Crippen LogP contribution in [0, 0.1) is 0 Å². The van der Waals surface area contributed by atoms with E-state index < -0.39 is 0 Å². The van der Waals surface area contributed by atoms with Crippen LogP contribution in [0.15, 0.2) is 22.8 Å². The van der Waals surface area contributed by atoms with Gasteiger partial charge in [-0.25, -0.2) is 0 Å². The number of morpholine rings is 1. The van der Waals surface area contributed by atoms with Crippen molar-refractivity contribution in [3.05, 3.63) is 24.2 Å². The highest BCUT2D eigenvalue weighted by molar-refractivity contribution is 5.77. The van der Waals surface area contributed by atoms with Crippen molar-refractivity contribution >= 4 is 5.91 Å². The quantitative estimate of drug-likeness (QED) is 0.867. The zero-order valence-electron chi connectivity index (χ0n) is 13.0. The Morgan fingerprint density at radius 1 is 1.23 bits per heavy atom. The van der Waals surface area contributed by atoms with Crippen LogP contribution in [0.2, 0.25) is 0 Å². The molecule has 0 aromatic carbocycles. The predicted molar refractivity (Wildman–Crippen MR) is 82.4 cm³/mol. The van der Waals surface area contributed by atoms with E-state index in [1.54, 1.807) is 6.26 Å². The van der Waals surface area contributed by atoms with Crippen molar-refractivity contribution in [3.63, 3.8) is 0 Å². The molecule has 1 aromatic heterocycles. The molecule has 3 rings (SSSR count). The molecule has 122 valence electrons. The largest absolute Gasteiger partial charge is 0.467 e. The Hall–Kier alpha value is -1.37. The smallest absolute Gasteiger partial charge is 0.234 e. The maximum atomic E-state index is 12.0. The Bertz CT molecular complexity index is 449. The third kappa shape index (κ3) is 4.32. The summed E-state index contributed by atoms with van der Waals surface area (Å²) < 4.78 is 10.6. The number of nitrogens with zero attached hydrogens (tertiary/aromatic N) is 2. The standard InChI is InChI=1S/C16H25N3O3/c20-16(17-12-15-2-1-9-22-15)13-18-5-3-14(4-6-18)19-7-10-21-11-8-19/h1-2,9,14H,3-8,10-13H2,(H,17,20). The van der Waals surface area contributed by atoms with Gasteiger partial charge >= 0.3 is 0 Å². The minimum Gasteiger partial charge on any atom is -0.467 e. The summed E-state index contributed by atoms with van der Waals surface area (Å²) in [5, 5.41) is 2.91. The number of furan rings is 1. The highest BCUT2D eigenvalue weighted by Crippen LogP contribution is 2.17. The second-order valence-electron chi connectivity index (χ2n) is 6.01. The monoisotopic (exact) mass is 307 g/mol. The third-order valence-corrected chi connectivity index (χ3v) is 4.53. The van der Waals surface area contributed by atoms with E-state index in [2.05, 4.69) is 15.1 Å². The van der Waals surface area contributed by atoms with Crippen molar-refractivity contribution in [2.45, 2.75) is 25.4 Å². The Balaban J connectivity index is 1.35. The van der Waals surface area contributed by atoms with Gasteiger partial charge in [-0.15, -0.1) is 0 Å². The van der Waals surface area contributed by atoms with Gasteiger partial charge in [-0.1, -0.05) is 0 Å². The minimum absolute atomic E-state index is 0.0706. The van der Waals surface area contributed by atoms with Crippen LogP contribution < -0.4 is 5.32 Å². The SMILES string of the molecule is O=C(CN1CCC(N2CCOCC2)CC1)NCc1ccco1. The van der Waals surface area contributed by atoms with Gasteiger partial charge in [0, 0.05) is 32.2 Å². The van der Waals surface area contributed by atoms with E-state index in [0.717, 1.165) is 58.0 Å². The number of amides is 1. The van der Waals surface area contributed by atoms with Gasteiger partial charge in [-0.05, 0) is 25.0 Å². The van der Waals surface area contributed by atoms with Crippen LogP contribution in [0.4, 0.5) is 0 Å². The summed E-state index contributed by atoms with van der Waals surface area (Å²) in [7, 11) is 0. The van der Waals surface area contributed by atoms with Crippen LogP contribution in [0.1, 0.15) is 18.6 Å². The Labute approximate surface area is 131 Å². The van der Waals surface area contributed by atoms with E-state index in [1.165, 1.54) is 0 Å². The molecule has 0 bridgehead atoms. The molecule has 0 aliphatic carbocycles. The Kier molecular flexibility index (Phi) is 5.48. The Morgan fingerprint density at radius 3 is 2.68 bits per heavy atom. The molecule has 0 atom stereocenters. The number of ether oxygens (including phenoxy) is 1. The number of likely N-dealkylation sites (tertiary alicyclic amines) is 1. The van der Waals surface area contributed by atoms with E-state index >= 15 is 0 Å². The topological polar surface area (TPSA) is 58.0 Å². The van der Waals surface area contributed by atoms with Crippen molar-refractivity contribution in [2.75, 3.05) is 45.9 Å². The van der Waals surface area contributed by atoms with Crippen LogP contribution in [-0.2, 0) is 16.1 Å². The summed E-state index contributed by atoms with van der Waals surface area (Å²) >= 11 is 0. The molecule has 6 heteroatoms. The van der Waals surface area contributed by atoms with E-state index in [0.29, 0.717) is 19.1 Å². The summed E-state index contributed by atoms with van der Waals surface area (Å²) in [5.74, 6) is 0.862. The van der Waals surface area contributed by atoms with Gasteiger partial charge in [0.1, 0.15) is 5.76 Å². The molecule has 2 aliphatic heterocycles. The van der Waals surface area contributed by atoms with Crippen LogP contribution in [0.3, 0.4) is 0 Å². The van der Waals surface area contributed by atoms with Gasteiger partial charge in [-0.2, -0.15) is 0 Å². The lowest BCUT2D eigenvalue weighted by molar-refractivity contribution is -0.123. The average molecular weight is 307 g/mol.